The van der Waals surface area contributed by atoms with Crippen LogP contribution in [0.15, 0.2) is 42.5 Å². The van der Waals surface area contributed by atoms with Crippen LogP contribution in [0.1, 0.15) is 15.9 Å². The Morgan fingerprint density at radius 1 is 1.00 bits per heavy atom. The lowest BCUT2D eigenvalue weighted by Crippen LogP contribution is -2.16. The second-order valence-corrected chi connectivity index (χ2v) is 5.33. The summed E-state index contributed by atoms with van der Waals surface area (Å²) in [4.78, 5) is 12.5. The highest BCUT2D eigenvalue weighted by Gasteiger charge is 2.17. The van der Waals surface area contributed by atoms with Gasteiger partial charge in [0, 0.05) is 14.7 Å². The Bertz CT molecular complexity index is 637. The third-order valence-electron chi connectivity index (χ3n) is 2.92. The zero-order valence-electron chi connectivity index (χ0n) is 10.1. The molecule has 2 aromatic carbocycles. The summed E-state index contributed by atoms with van der Waals surface area (Å²) in [5.41, 5.74) is 1.33. The number of fused-ring (bicyclic) bond motifs is 1. The Morgan fingerprint density at radius 3 is 2.53 bits per heavy atom. The summed E-state index contributed by atoms with van der Waals surface area (Å²) in [6.45, 7) is 1.07. The van der Waals surface area contributed by atoms with Gasteiger partial charge in [0.25, 0.3) is 0 Å². The van der Waals surface area contributed by atoms with Crippen molar-refractivity contribution in [1.82, 2.24) is 0 Å². The molecular formula is C15H11IO3. The van der Waals surface area contributed by atoms with E-state index in [0.29, 0.717) is 35.8 Å². The standard InChI is InChI=1S/C15H11IO3/c16-12-4-2-1-3-11(12)15(17)10-5-6-13-14(9-10)19-8-7-18-13/h1-6,9H,7-8H2. The minimum Gasteiger partial charge on any atom is -0.486 e. The van der Waals surface area contributed by atoms with E-state index in [0.717, 1.165) is 3.57 Å². The van der Waals surface area contributed by atoms with E-state index < -0.39 is 0 Å². The topological polar surface area (TPSA) is 35.5 Å². The maximum absolute atomic E-state index is 12.5. The van der Waals surface area contributed by atoms with Crippen LogP contribution in [0, 0.1) is 3.57 Å². The third kappa shape index (κ3) is 2.45. The van der Waals surface area contributed by atoms with E-state index in [1.807, 2.05) is 24.3 Å². The molecule has 0 aliphatic carbocycles. The minimum absolute atomic E-state index is 0.00183. The first-order valence-corrected chi connectivity index (χ1v) is 7.02. The zero-order chi connectivity index (χ0) is 13.2. The van der Waals surface area contributed by atoms with Crippen LogP contribution >= 0.6 is 22.6 Å². The number of rotatable bonds is 2. The molecule has 0 unspecified atom stereocenters. The van der Waals surface area contributed by atoms with Crippen molar-refractivity contribution in [3.05, 3.63) is 57.2 Å². The van der Waals surface area contributed by atoms with Gasteiger partial charge in [-0.1, -0.05) is 12.1 Å². The quantitative estimate of drug-likeness (QED) is 0.605. The Kier molecular flexibility index (Phi) is 3.42. The molecule has 0 atom stereocenters. The monoisotopic (exact) mass is 366 g/mol. The molecule has 0 fully saturated rings. The minimum atomic E-state index is 0.00183. The predicted molar refractivity (Wildman–Crippen MR) is 80.0 cm³/mol. The lowest BCUT2D eigenvalue weighted by Gasteiger charge is -2.18. The second kappa shape index (κ2) is 5.21. The summed E-state index contributed by atoms with van der Waals surface area (Å²) in [5, 5.41) is 0. The third-order valence-corrected chi connectivity index (χ3v) is 3.86. The Morgan fingerprint density at radius 2 is 1.74 bits per heavy atom. The average molecular weight is 366 g/mol. The number of benzene rings is 2. The smallest absolute Gasteiger partial charge is 0.194 e. The number of ketones is 1. The highest BCUT2D eigenvalue weighted by atomic mass is 127. The SMILES string of the molecule is O=C(c1ccc2c(c1)OCCO2)c1ccccc1I. The van der Waals surface area contributed by atoms with Gasteiger partial charge in [-0.25, -0.2) is 0 Å². The summed E-state index contributed by atoms with van der Waals surface area (Å²) in [7, 11) is 0. The molecule has 0 amide bonds. The van der Waals surface area contributed by atoms with Crippen LogP contribution in [-0.2, 0) is 0 Å². The van der Waals surface area contributed by atoms with Crippen molar-refractivity contribution in [2.24, 2.45) is 0 Å². The number of carbonyl (C=O) groups is 1. The van der Waals surface area contributed by atoms with E-state index >= 15 is 0 Å². The van der Waals surface area contributed by atoms with E-state index in [9.17, 15) is 4.79 Å². The molecule has 0 spiro atoms. The first kappa shape index (κ1) is 12.5. The normalized spacial score (nSPS) is 13.1. The van der Waals surface area contributed by atoms with Gasteiger partial charge in [-0.2, -0.15) is 0 Å². The fourth-order valence-electron chi connectivity index (χ4n) is 1.99. The van der Waals surface area contributed by atoms with Crippen molar-refractivity contribution in [1.29, 1.82) is 0 Å². The number of halogens is 1. The molecule has 0 saturated heterocycles. The molecule has 1 heterocycles. The molecule has 0 saturated carbocycles. The van der Waals surface area contributed by atoms with Crippen LogP contribution in [0.2, 0.25) is 0 Å². The number of ether oxygens (including phenoxy) is 2. The molecule has 19 heavy (non-hydrogen) atoms. The molecule has 4 heteroatoms. The Labute approximate surface area is 124 Å². The summed E-state index contributed by atoms with van der Waals surface area (Å²) in [6, 6.07) is 12.9. The maximum atomic E-state index is 12.5. The molecular weight excluding hydrogens is 355 g/mol. The second-order valence-electron chi connectivity index (χ2n) is 4.17. The largest absolute Gasteiger partial charge is 0.486 e. The van der Waals surface area contributed by atoms with Crippen LogP contribution in [0.4, 0.5) is 0 Å². The Balaban J connectivity index is 1.98. The highest BCUT2D eigenvalue weighted by molar-refractivity contribution is 14.1. The van der Waals surface area contributed by atoms with Crippen LogP contribution < -0.4 is 9.47 Å². The van der Waals surface area contributed by atoms with Crippen LogP contribution in [-0.4, -0.2) is 19.0 Å². The van der Waals surface area contributed by atoms with Crippen LogP contribution in [0.25, 0.3) is 0 Å². The van der Waals surface area contributed by atoms with Crippen LogP contribution in [0.3, 0.4) is 0 Å². The van der Waals surface area contributed by atoms with E-state index in [4.69, 9.17) is 9.47 Å². The molecule has 0 N–H and O–H groups in total. The molecule has 1 aliphatic rings. The van der Waals surface area contributed by atoms with Crippen molar-refractivity contribution >= 4 is 28.4 Å². The number of hydrogen-bond acceptors (Lipinski definition) is 3. The molecule has 3 rings (SSSR count). The molecule has 0 radical (unpaired) electrons. The van der Waals surface area contributed by atoms with Gasteiger partial charge in [-0.15, -0.1) is 0 Å². The number of carbonyl (C=O) groups excluding carboxylic acids is 1. The Hall–Kier alpha value is -1.56. The van der Waals surface area contributed by atoms with E-state index in [1.54, 1.807) is 18.2 Å². The van der Waals surface area contributed by atoms with Gasteiger partial charge in [-0.05, 0) is 52.9 Å². The molecule has 1 aliphatic heterocycles. The van der Waals surface area contributed by atoms with E-state index in [2.05, 4.69) is 22.6 Å². The summed E-state index contributed by atoms with van der Waals surface area (Å²) < 4.78 is 11.9. The van der Waals surface area contributed by atoms with Gasteiger partial charge in [0.15, 0.2) is 17.3 Å². The van der Waals surface area contributed by atoms with Gasteiger partial charge < -0.3 is 9.47 Å². The average Bonchev–Trinajstić information content (AvgIpc) is 2.46. The van der Waals surface area contributed by atoms with Crippen molar-refractivity contribution in [2.45, 2.75) is 0 Å². The first-order valence-electron chi connectivity index (χ1n) is 5.94. The van der Waals surface area contributed by atoms with Crippen molar-refractivity contribution in [3.8, 4) is 11.5 Å². The number of hydrogen-bond donors (Lipinski definition) is 0. The van der Waals surface area contributed by atoms with Gasteiger partial charge in [0.05, 0.1) is 0 Å². The molecule has 3 nitrogen and oxygen atoms in total. The zero-order valence-corrected chi connectivity index (χ0v) is 12.2. The summed E-state index contributed by atoms with van der Waals surface area (Å²) in [5.74, 6) is 1.34. The van der Waals surface area contributed by atoms with Gasteiger partial charge in [0.1, 0.15) is 13.2 Å². The maximum Gasteiger partial charge on any atom is 0.194 e. The van der Waals surface area contributed by atoms with Crippen molar-refractivity contribution in [3.63, 3.8) is 0 Å². The molecule has 0 bridgehead atoms. The fourth-order valence-corrected chi connectivity index (χ4v) is 2.62. The van der Waals surface area contributed by atoms with Crippen molar-refractivity contribution in [2.75, 3.05) is 13.2 Å². The van der Waals surface area contributed by atoms with Gasteiger partial charge in [-0.3, -0.25) is 4.79 Å². The van der Waals surface area contributed by atoms with Crippen molar-refractivity contribution < 1.29 is 14.3 Å². The predicted octanol–water partition coefficient (Wildman–Crippen LogP) is 3.29. The molecule has 96 valence electrons. The highest BCUT2D eigenvalue weighted by Crippen LogP contribution is 2.31. The lowest BCUT2D eigenvalue weighted by atomic mass is 10.0. The summed E-state index contributed by atoms with van der Waals surface area (Å²) in [6.07, 6.45) is 0. The van der Waals surface area contributed by atoms with Crippen LogP contribution in [0.5, 0.6) is 11.5 Å². The van der Waals surface area contributed by atoms with E-state index in [1.165, 1.54) is 0 Å². The lowest BCUT2D eigenvalue weighted by molar-refractivity contribution is 0.103. The first-order chi connectivity index (χ1) is 9.25. The van der Waals surface area contributed by atoms with E-state index in [-0.39, 0.29) is 5.78 Å². The fraction of sp³-hybridized carbons (Fsp3) is 0.133. The van der Waals surface area contributed by atoms with Gasteiger partial charge >= 0.3 is 0 Å². The van der Waals surface area contributed by atoms with Gasteiger partial charge in [0.2, 0.25) is 0 Å². The molecule has 2 aromatic rings. The molecule has 0 aromatic heterocycles. The summed E-state index contributed by atoms with van der Waals surface area (Å²) >= 11 is 2.17.